The number of aromatic nitrogens is 1. The van der Waals surface area contributed by atoms with E-state index in [1.54, 1.807) is 24.8 Å². The SMILES string of the molecule is Cc1[nH]c(/C=C2\C(=O)Nc3ccc(F)cc32)c(C)c1C(=O)N[C@H]1CCN(C(=O)CN)C1. The maximum Gasteiger partial charge on any atom is 0.256 e. The second kappa shape index (κ2) is 7.99. The molecule has 8 nitrogen and oxygen atoms in total. The molecule has 9 heteroatoms. The van der Waals surface area contributed by atoms with Gasteiger partial charge in [-0.15, -0.1) is 0 Å². The molecule has 0 spiro atoms. The van der Waals surface area contributed by atoms with Crippen LogP contribution in [-0.2, 0) is 9.59 Å². The van der Waals surface area contributed by atoms with Crippen LogP contribution in [0.15, 0.2) is 18.2 Å². The topological polar surface area (TPSA) is 120 Å². The fraction of sp³-hybridized carbons (Fsp3) is 0.318. The summed E-state index contributed by atoms with van der Waals surface area (Å²) in [5.74, 6) is -1.13. The van der Waals surface area contributed by atoms with E-state index in [1.165, 1.54) is 18.2 Å². The maximum absolute atomic E-state index is 13.7. The summed E-state index contributed by atoms with van der Waals surface area (Å²) < 4.78 is 13.7. The Bertz CT molecular complexity index is 1120. The van der Waals surface area contributed by atoms with Gasteiger partial charge in [-0.05, 0) is 50.1 Å². The first-order valence-corrected chi connectivity index (χ1v) is 10.1. The quantitative estimate of drug-likeness (QED) is 0.556. The molecule has 1 atom stereocenters. The minimum atomic E-state index is -0.431. The molecule has 0 bridgehead atoms. The molecular formula is C22H24FN5O3. The first kappa shape index (κ1) is 20.8. The lowest BCUT2D eigenvalue weighted by molar-refractivity contribution is -0.128. The van der Waals surface area contributed by atoms with Crippen LogP contribution < -0.4 is 16.4 Å². The highest BCUT2D eigenvalue weighted by atomic mass is 19.1. The third kappa shape index (κ3) is 3.84. The smallest absolute Gasteiger partial charge is 0.256 e. The first-order chi connectivity index (χ1) is 14.8. The van der Waals surface area contributed by atoms with Crippen molar-refractivity contribution in [3.05, 3.63) is 52.1 Å². The highest BCUT2D eigenvalue weighted by Gasteiger charge is 2.29. The van der Waals surface area contributed by atoms with Crippen LogP contribution in [0.4, 0.5) is 10.1 Å². The molecule has 2 aromatic rings. The van der Waals surface area contributed by atoms with Gasteiger partial charge in [-0.1, -0.05) is 0 Å². The maximum atomic E-state index is 13.7. The van der Waals surface area contributed by atoms with Gasteiger partial charge < -0.3 is 26.3 Å². The first-order valence-electron chi connectivity index (χ1n) is 10.1. The van der Waals surface area contributed by atoms with Gasteiger partial charge >= 0.3 is 0 Å². The van der Waals surface area contributed by atoms with E-state index in [1.807, 2.05) is 0 Å². The van der Waals surface area contributed by atoms with E-state index in [9.17, 15) is 18.8 Å². The van der Waals surface area contributed by atoms with Crippen molar-refractivity contribution < 1.29 is 18.8 Å². The number of H-pyrrole nitrogens is 1. The van der Waals surface area contributed by atoms with Crippen LogP contribution in [0.1, 0.15) is 39.3 Å². The van der Waals surface area contributed by atoms with Crippen LogP contribution in [-0.4, -0.2) is 53.3 Å². The molecule has 3 amide bonds. The fourth-order valence-electron chi connectivity index (χ4n) is 4.20. The molecule has 2 aliphatic heterocycles. The van der Waals surface area contributed by atoms with E-state index in [4.69, 9.17) is 5.73 Å². The zero-order valence-electron chi connectivity index (χ0n) is 17.3. The zero-order valence-corrected chi connectivity index (χ0v) is 17.3. The lowest BCUT2D eigenvalue weighted by atomic mass is 10.0. The van der Waals surface area contributed by atoms with Crippen molar-refractivity contribution in [1.29, 1.82) is 0 Å². The Morgan fingerprint density at radius 3 is 2.87 bits per heavy atom. The van der Waals surface area contributed by atoms with Gasteiger partial charge in [-0.3, -0.25) is 14.4 Å². The predicted octanol–water partition coefficient (Wildman–Crippen LogP) is 1.55. The van der Waals surface area contributed by atoms with Gasteiger partial charge in [0.1, 0.15) is 5.82 Å². The van der Waals surface area contributed by atoms with E-state index in [0.29, 0.717) is 58.8 Å². The number of aryl methyl sites for hydroxylation is 1. The van der Waals surface area contributed by atoms with Gasteiger partial charge in [0.25, 0.3) is 11.8 Å². The van der Waals surface area contributed by atoms with E-state index < -0.39 is 5.82 Å². The number of nitrogens with one attached hydrogen (secondary N) is 3. The molecule has 0 aliphatic carbocycles. The summed E-state index contributed by atoms with van der Waals surface area (Å²) in [5, 5.41) is 5.70. The fourth-order valence-corrected chi connectivity index (χ4v) is 4.20. The van der Waals surface area contributed by atoms with Gasteiger partial charge in [0, 0.05) is 41.8 Å². The number of hydrogen-bond acceptors (Lipinski definition) is 4. The van der Waals surface area contributed by atoms with E-state index >= 15 is 0 Å². The Hall–Kier alpha value is -3.46. The number of benzene rings is 1. The molecule has 5 N–H and O–H groups in total. The van der Waals surface area contributed by atoms with Gasteiger partial charge in [0.2, 0.25) is 5.91 Å². The third-order valence-electron chi connectivity index (χ3n) is 5.81. The highest BCUT2D eigenvalue weighted by Crippen LogP contribution is 2.34. The predicted molar refractivity (Wildman–Crippen MR) is 115 cm³/mol. The van der Waals surface area contributed by atoms with Gasteiger partial charge in [-0.2, -0.15) is 0 Å². The molecule has 1 saturated heterocycles. The van der Waals surface area contributed by atoms with Crippen LogP contribution in [0.25, 0.3) is 11.6 Å². The number of nitrogens with zero attached hydrogens (tertiary/aromatic N) is 1. The van der Waals surface area contributed by atoms with Crippen molar-refractivity contribution in [2.75, 3.05) is 25.0 Å². The van der Waals surface area contributed by atoms with Crippen molar-refractivity contribution >= 4 is 35.1 Å². The number of rotatable bonds is 4. The summed E-state index contributed by atoms with van der Waals surface area (Å²) in [6, 6.07) is 3.98. The summed E-state index contributed by atoms with van der Waals surface area (Å²) in [6.45, 7) is 4.53. The molecule has 1 aromatic heterocycles. The Morgan fingerprint density at radius 1 is 1.35 bits per heavy atom. The lowest BCUT2D eigenvalue weighted by Crippen LogP contribution is -2.40. The molecule has 0 radical (unpaired) electrons. The molecule has 0 unspecified atom stereocenters. The summed E-state index contributed by atoms with van der Waals surface area (Å²) in [4.78, 5) is 41.9. The van der Waals surface area contributed by atoms with E-state index in [2.05, 4.69) is 15.6 Å². The minimum absolute atomic E-state index is 0.0463. The number of hydrogen-bond donors (Lipinski definition) is 4. The molecule has 31 heavy (non-hydrogen) atoms. The number of amides is 3. The van der Waals surface area contributed by atoms with Crippen LogP contribution in [0.2, 0.25) is 0 Å². The number of likely N-dealkylation sites (tertiary alicyclic amines) is 1. The van der Waals surface area contributed by atoms with Gasteiger partial charge in [0.15, 0.2) is 0 Å². The number of halogens is 1. The van der Waals surface area contributed by atoms with Crippen LogP contribution in [0.5, 0.6) is 0 Å². The average molecular weight is 425 g/mol. The summed E-state index contributed by atoms with van der Waals surface area (Å²) in [5.41, 5.74) is 9.22. The van der Waals surface area contributed by atoms with Crippen molar-refractivity contribution in [3.8, 4) is 0 Å². The number of aromatic amines is 1. The lowest BCUT2D eigenvalue weighted by Gasteiger charge is -2.16. The molecule has 4 rings (SSSR count). The monoisotopic (exact) mass is 425 g/mol. The van der Waals surface area contributed by atoms with Crippen molar-refractivity contribution in [2.45, 2.75) is 26.3 Å². The molecule has 1 aromatic carbocycles. The van der Waals surface area contributed by atoms with Gasteiger partial charge in [-0.25, -0.2) is 4.39 Å². The van der Waals surface area contributed by atoms with Crippen molar-refractivity contribution in [1.82, 2.24) is 15.2 Å². The minimum Gasteiger partial charge on any atom is -0.358 e. The molecule has 2 aliphatic rings. The van der Waals surface area contributed by atoms with Crippen molar-refractivity contribution in [2.24, 2.45) is 5.73 Å². The molecule has 0 saturated carbocycles. The van der Waals surface area contributed by atoms with Gasteiger partial charge in [0.05, 0.1) is 17.7 Å². The number of fused-ring (bicyclic) bond motifs is 1. The second-order valence-electron chi connectivity index (χ2n) is 7.87. The zero-order chi connectivity index (χ0) is 22.3. The number of anilines is 1. The van der Waals surface area contributed by atoms with Crippen LogP contribution in [0, 0.1) is 19.7 Å². The molecular weight excluding hydrogens is 401 g/mol. The summed E-state index contributed by atoms with van der Waals surface area (Å²) in [7, 11) is 0. The summed E-state index contributed by atoms with van der Waals surface area (Å²) >= 11 is 0. The Morgan fingerprint density at radius 2 is 2.13 bits per heavy atom. The molecule has 3 heterocycles. The Labute approximate surface area is 178 Å². The largest absolute Gasteiger partial charge is 0.358 e. The standard InChI is InChI=1S/C22H24FN5O3/c1-11-18(8-16-15-7-13(23)3-4-17(15)27-21(16)30)25-12(2)20(11)22(31)26-14-5-6-28(10-14)19(29)9-24/h3-4,7-8,14,25H,5-6,9-10,24H2,1-2H3,(H,26,31)(H,27,30)/b16-8-/t14-/m0/s1. The highest BCUT2D eigenvalue weighted by molar-refractivity contribution is 6.34. The summed E-state index contributed by atoms with van der Waals surface area (Å²) in [6.07, 6.45) is 2.30. The number of carbonyl (C=O) groups excluding carboxylic acids is 3. The Balaban J connectivity index is 1.57. The molecule has 1 fully saturated rings. The second-order valence-corrected chi connectivity index (χ2v) is 7.87. The van der Waals surface area contributed by atoms with Crippen LogP contribution in [0.3, 0.4) is 0 Å². The van der Waals surface area contributed by atoms with E-state index in [0.717, 1.165) is 0 Å². The number of carbonyl (C=O) groups is 3. The van der Waals surface area contributed by atoms with Crippen LogP contribution >= 0.6 is 0 Å². The molecule has 162 valence electrons. The average Bonchev–Trinajstić information content (AvgIpc) is 3.39. The third-order valence-corrected chi connectivity index (χ3v) is 5.81. The number of nitrogens with two attached hydrogens (primary N) is 1. The Kier molecular flexibility index (Phi) is 5.36. The van der Waals surface area contributed by atoms with Crippen molar-refractivity contribution in [3.63, 3.8) is 0 Å². The normalized spacial score (nSPS) is 19.0. The van der Waals surface area contributed by atoms with E-state index in [-0.39, 0.29) is 30.3 Å².